The van der Waals surface area contributed by atoms with Gasteiger partial charge in [-0.15, -0.1) is 0 Å². The highest BCUT2D eigenvalue weighted by atomic mass is 35.5. The number of rotatable bonds is 7. The standard InChI is InChI=1S/C20H23ClN2O3/c1-14(20(25)22-2)23(13-16-7-5-9-18(11-16)26-3)19(24)12-15-6-4-8-17(21)10-15/h4-11,14H,12-13H2,1-3H3,(H,22,25)/t14-/m0/s1. The van der Waals surface area contributed by atoms with Gasteiger partial charge < -0.3 is 15.0 Å². The predicted octanol–water partition coefficient (Wildman–Crippen LogP) is 3.05. The van der Waals surface area contributed by atoms with Crippen LogP contribution in [0.1, 0.15) is 18.1 Å². The third-order valence-corrected chi connectivity index (χ3v) is 4.38. The Labute approximate surface area is 158 Å². The van der Waals surface area contributed by atoms with Crippen molar-refractivity contribution in [3.63, 3.8) is 0 Å². The largest absolute Gasteiger partial charge is 0.497 e. The number of carbonyl (C=O) groups is 2. The highest BCUT2D eigenvalue weighted by Crippen LogP contribution is 2.18. The molecule has 2 aromatic carbocycles. The summed E-state index contributed by atoms with van der Waals surface area (Å²) in [6.07, 6.45) is 0.172. The lowest BCUT2D eigenvalue weighted by Crippen LogP contribution is -2.47. The molecule has 5 nitrogen and oxygen atoms in total. The molecule has 0 fully saturated rings. The van der Waals surface area contributed by atoms with Gasteiger partial charge in [0.1, 0.15) is 11.8 Å². The number of halogens is 1. The van der Waals surface area contributed by atoms with Crippen molar-refractivity contribution in [1.82, 2.24) is 10.2 Å². The van der Waals surface area contributed by atoms with Crippen molar-refractivity contribution in [2.24, 2.45) is 0 Å². The van der Waals surface area contributed by atoms with E-state index >= 15 is 0 Å². The molecule has 0 spiro atoms. The molecule has 0 aliphatic carbocycles. The van der Waals surface area contributed by atoms with Crippen LogP contribution in [0.5, 0.6) is 5.75 Å². The van der Waals surface area contributed by atoms with Gasteiger partial charge in [0.2, 0.25) is 11.8 Å². The van der Waals surface area contributed by atoms with Gasteiger partial charge in [-0.3, -0.25) is 9.59 Å². The molecule has 6 heteroatoms. The molecule has 0 radical (unpaired) electrons. The van der Waals surface area contributed by atoms with Crippen LogP contribution >= 0.6 is 11.6 Å². The summed E-state index contributed by atoms with van der Waals surface area (Å²) in [4.78, 5) is 26.6. The molecule has 0 saturated heterocycles. The zero-order chi connectivity index (χ0) is 19.1. The lowest BCUT2D eigenvalue weighted by molar-refractivity contribution is -0.139. The Kier molecular flexibility index (Phi) is 7.04. The van der Waals surface area contributed by atoms with E-state index in [1.807, 2.05) is 30.3 Å². The average molecular weight is 375 g/mol. The van der Waals surface area contributed by atoms with Crippen LogP contribution in [0.15, 0.2) is 48.5 Å². The van der Waals surface area contributed by atoms with Crippen LogP contribution in [0.4, 0.5) is 0 Å². The minimum atomic E-state index is -0.599. The van der Waals surface area contributed by atoms with Gasteiger partial charge in [-0.25, -0.2) is 0 Å². The highest BCUT2D eigenvalue weighted by Gasteiger charge is 2.25. The Balaban J connectivity index is 2.24. The van der Waals surface area contributed by atoms with Gasteiger partial charge in [-0.1, -0.05) is 35.9 Å². The van der Waals surface area contributed by atoms with Gasteiger partial charge >= 0.3 is 0 Å². The van der Waals surface area contributed by atoms with E-state index in [1.54, 1.807) is 44.2 Å². The molecule has 0 bridgehead atoms. The maximum atomic E-state index is 12.9. The Morgan fingerprint density at radius 3 is 2.50 bits per heavy atom. The van der Waals surface area contributed by atoms with Crippen molar-refractivity contribution in [3.05, 3.63) is 64.7 Å². The second-order valence-electron chi connectivity index (χ2n) is 5.97. The van der Waals surface area contributed by atoms with Crippen LogP contribution in [0, 0.1) is 0 Å². The Bertz CT molecular complexity index is 779. The van der Waals surface area contributed by atoms with E-state index in [2.05, 4.69) is 5.32 Å². The topological polar surface area (TPSA) is 58.6 Å². The first-order valence-corrected chi connectivity index (χ1v) is 8.71. The number of nitrogens with one attached hydrogen (secondary N) is 1. The zero-order valence-corrected chi connectivity index (χ0v) is 15.9. The first kappa shape index (κ1) is 19.8. The summed E-state index contributed by atoms with van der Waals surface area (Å²) < 4.78 is 5.24. The minimum absolute atomic E-state index is 0.147. The second kappa shape index (κ2) is 9.25. The van der Waals surface area contributed by atoms with E-state index in [0.29, 0.717) is 17.3 Å². The molecule has 0 aliphatic rings. The molecule has 138 valence electrons. The van der Waals surface area contributed by atoms with Gasteiger partial charge in [0.15, 0.2) is 0 Å². The van der Waals surface area contributed by atoms with Crippen LogP contribution in [0.3, 0.4) is 0 Å². The number of hydrogen-bond acceptors (Lipinski definition) is 3. The van der Waals surface area contributed by atoms with Crippen LogP contribution in [-0.2, 0) is 22.6 Å². The van der Waals surface area contributed by atoms with Crippen LogP contribution < -0.4 is 10.1 Å². The monoisotopic (exact) mass is 374 g/mol. The maximum absolute atomic E-state index is 12.9. The molecular weight excluding hydrogens is 352 g/mol. The Hall–Kier alpha value is -2.53. The number of likely N-dealkylation sites (N-methyl/N-ethyl adjacent to an activating group) is 1. The first-order chi connectivity index (χ1) is 12.4. The molecule has 0 heterocycles. The molecule has 2 aromatic rings. The summed E-state index contributed by atoms with van der Waals surface area (Å²) in [6, 6.07) is 14.0. The van der Waals surface area contributed by atoms with E-state index in [-0.39, 0.29) is 18.2 Å². The van der Waals surface area contributed by atoms with Crippen LogP contribution in [0.25, 0.3) is 0 Å². The number of amides is 2. The molecular formula is C20H23ClN2O3. The highest BCUT2D eigenvalue weighted by molar-refractivity contribution is 6.30. The van der Waals surface area contributed by atoms with Gasteiger partial charge in [0, 0.05) is 18.6 Å². The number of carbonyl (C=O) groups excluding carboxylic acids is 2. The number of ether oxygens (including phenoxy) is 1. The fourth-order valence-electron chi connectivity index (χ4n) is 2.68. The summed E-state index contributed by atoms with van der Waals surface area (Å²) in [7, 11) is 3.15. The summed E-state index contributed by atoms with van der Waals surface area (Å²) in [5, 5.41) is 3.18. The Morgan fingerprint density at radius 1 is 1.15 bits per heavy atom. The van der Waals surface area contributed by atoms with Crippen LogP contribution in [-0.4, -0.2) is 36.9 Å². The van der Waals surface area contributed by atoms with Gasteiger partial charge in [0.05, 0.1) is 13.5 Å². The second-order valence-corrected chi connectivity index (χ2v) is 6.41. The molecule has 2 rings (SSSR count). The van der Waals surface area contributed by atoms with Crippen molar-refractivity contribution >= 4 is 23.4 Å². The fraction of sp³-hybridized carbons (Fsp3) is 0.300. The summed E-state index contributed by atoms with van der Waals surface area (Å²) >= 11 is 6.00. The van der Waals surface area contributed by atoms with Gasteiger partial charge in [0.25, 0.3) is 0 Å². The maximum Gasteiger partial charge on any atom is 0.242 e. The van der Waals surface area contributed by atoms with E-state index in [9.17, 15) is 9.59 Å². The molecule has 0 aromatic heterocycles. The van der Waals surface area contributed by atoms with E-state index in [0.717, 1.165) is 11.1 Å². The quantitative estimate of drug-likeness (QED) is 0.810. The number of hydrogen-bond donors (Lipinski definition) is 1. The lowest BCUT2D eigenvalue weighted by atomic mass is 10.1. The van der Waals surface area contributed by atoms with E-state index < -0.39 is 6.04 Å². The normalized spacial score (nSPS) is 11.5. The van der Waals surface area contributed by atoms with E-state index in [4.69, 9.17) is 16.3 Å². The molecule has 0 saturated carbocycles. The molecule has 1 N–H and O–H groups in total. The third-order valence-electron chi connectivity index (χ3n) is 4.15. The van der Waals surface area contributed by atoms with Crippen molar-refractivity contribution in [1.29, 1.82) is 0 Å². The molecule has 0 aliphatic heterocycles. The van der Waals surface area contributed by atoms with E-state index in [1.165, 1.54) is 0 Å². The van der Waals surface area contributed by atoms with Crippen molar-refractivity contribution in [2.45, 2.75) is 25.9 Å². The lowest BCUT2D eigenvalue weighted by Gasteiger charge is -2.28. The SMILES string of the molecule is CNC(=O)[C@H](C)N(Cc1cccc(OC)c1)C(=O)Cc1cccc(Cl)c1. The summed E-state index contributed by atoms with van der Waals surface area (Å²) in [6.45, 7) is 2.03. The predicted molar refractivity (Wildman–Crippen MR) is 102 cm³/mol. The van der Waals surface area contributed by atoms with Crippen molar-refractivity contribution in [3.8, 4) is 5.75 Å². The summed E-state index contributed by atoms with van der Waals surface area (Å²) in [5.41, 5.74) is 1.70. The number of benzene rings is 2. The van der Waals surface area contributed by atoms with Crippen LogP contribution in [0.2, 0.25) is 5.02 Å². The van der Waals surface area contributed by atoms with Crippen molar-refractivity contribution < 1.29 is 14.3 Å². The third kappa shape index (κ3) is 5.23. The summed E-state index contributed by atoms with van der Waals surface area (Å²) in [5.74, 6) is 0.343. The smallest absolute Gasteiger partial charge is 0.242 e. The Morgan fingerprint density at radius 2 is 1.85 bits per heavy atom. The first-order valence-electron chi connectivity index (χ1n) is 8.33. The average Bonchev–Trinajstić information content (AvgIpc) is 2.65. The zero-order valence-electron chi connectivity index (χ0n) is 15.2. The number of nitrogens with zero attached hydrogens (tertiary/aromatic N) is 1. The number of methoxy groups -OCH3 is 1. The molecule has 2 amide bonds. The molecule has 0 unspecified atom stereocenters. The molecule has 26 heavy (non-hydrogen) atoms. The van der Waals surface area contributed by atoms with Gasteiger partial charge in [-0.05, 0) is 42.3 Å². The fourth-order valence-corrected chi connectivity index (χ4v) is 2.90. The minimum Gasteiger partial charge on any atom is -0.497 e. The van der Waals surface area contributed by atoms with Gasteiger partial charge in [-0.2, -0.15) is 0 Å². The molecule has 1 atom stereocenters. The van der Waals surface area contributed by atoms with Crippen molar-refractivity contribution in [2.75, 3.05) is 14.2 Å².